The van der Waals surface area contributed by atoms with Crippen molar-refractivity contribution in [1.29, 1.82) is 0 Å². The van der Waals surface area contributed by atoms with E-state index in [4.69, 9.17) is 4.74 Å². The molecule has 1 aromatic carbocycles. The monoisotopic (exact) mass is 386 g/mol. The van der Waals surface area contributed by atoms with Gasteiger partial charge in [0.15, 0.2) is 6.61 Å². The van der Waals surface area contributed by atoms with Crippen LogP contribution in [0.2, 0.25) is 0 Å². The number of halogens is 4. The molecular formula is C17H18F4N4O2. The molecule has 2 aromatic rings. The lowest BCUT2D eigenvalue weighted by molar-refractivity contribution is -0.153. The van der Waals surface area contributed by atoms with E-state index in [1.165, 1.54) is 0 Å². The first-order valence-corrected chi connectivity index (χ1v) is 8.22. The number of aryl methyl sites for hydroxylation is 1. The van der Waals surface area contributed by atoms with E-state index in [0.29, 0.717) is 13.1 Å². The predicted molar refractivity (Wildman–Crippen MR) is 88.9 cm³/mol. The topological polar surface area (TPSA) is 68.2 Å². The Balaban J connectivity index is 1.76. The standard InChI is InChI=1S/C17H18F4N4O2/c1-25-8-10(5-23-25)12-6-22-7-13(12)16(26)24-14-4-11(18)2-3-15(14)27-9-17(19,20)21/h2-5,8,12-13,22H,6-7,9H2,1H3,(H,24,26)/t12-,13+/m1/s1. The molecule has 1 saturated heterocycles. The first kappa shape index (κ1) is 19.2. The van der Waals surface area contributed by atoms with Crippen molar-refractivity contribution in [1.82, 2.24) is 15.1 Å². The Bertz CT molecular complexity index is 822. The summed E-state index contributed by atoms with van der Waals surface area (Å²) in [5, 5.41) is 9.71. The number of carbonyl (C=O) groups is 1. The van der Waals surface area contributed by atoms with Gasteiger partial charge in [-0.2, -0.15) is 18.3 Å². The van der Waals surface area contributed by atoms with Crippen LogP contribution in [0.5, 0.6) is 5.75 Å². The van der Waals surface area contributed by atoms with E-state index in [0.717, 1.165) is 23.8 Å². The van der Waals surface area contributed by atoms with Gasteiger partial charge in [0, 0.05) is 38.3 Å². The van der Waals surface area contributed by atoms with Gasteiger partial charge in [0.1, 0.15) is 11.6 Å². The van der Waals surface area contributed by atoms with Crippen LogP contribution in [0, 0.1) is 11.7 Å². The number of carbonyl (C=O) groups excluding carboxylic acids is 1. The molecule has 0 bridgehead atoms. The van der Waals surface area contributed by atoms with E-state index in [1.807, 2.05) is 0 Å². The molecule has 0 unspecified atom stereocenters. The van der Waals surface area contributed by atoms with Crippen molar-refractivity contribution < 1.29 is 27.1 Å². The SMILES string of the molecule is Cn1cc([C@H]2CNC[C@@H]2C(=O)Nc2cc(F)ccc2OCC(F)(F)F)cn1. The van der Waals surface area contributed by atoms with Crippen molar-refractivity contribution in [2.45, 2.75) is 12.1 Å². The molecule has 146 valence electrons. The number of hydrogen-bond acceptors (Lipinski definition) is 4. The number of alkyl halides is 3. The summed E-state index contributed by atoms with van der Waals surface area (Å²) in [5.41, 5.74) is 0.733. The normalized spacial score (nSPS) is 19.9. The van der Waals surface area contributed by atoms with Gasteiger partial charge in [-0.05, 0) is 17.7 Å². The van der Waals surface area contributed by atoms with Crippen LogP contribution in [0.15, 0.2) is 30.6 Å². The van der Waals surface area contributed by atoms with E-state index >= 15 is 0 Å². The number of nitrogens with one attached hydrogen (secondary N) is 2. The van der Waals surface area contributed by atoms with Crippen LogP contribution in [-0.2, 0) is 11.8 Å². The number of hydrogen-bond donors (Lipinski definition) is 2. The highest BCUT2D eigenvalue weighted by atomic mass is 19.4. The largest absolute Gasteiger partial charge is 0.482 e. The molecule has 1 fully saturated rings. The number of anilines is 1. The molecule has 1 aliphatic heterocycles. The van der Waals surface area contributed by atoms with Crippen molar-refractivity contribution in [2.24, 2.45) is 13.0 Å². The smallest absolute Gasteiger partial charge is 0.422 e. The van der Waals surface area contributed by atoms with Crippen LogP contribution in [0.1, 0.15) is 11.5 Å². The zero-order chi connectivity index (χ0) is 19.6. The van der Waals surface area contributed by atoms with E-state index in [9.17, 15) is 22.4 Å². The molecule has 1 aliphatic rings. The molecule has 2 atom stereocenters. The molecule has 27 heavy (non-hydrogen) atoms. The summed E-state index contributed by atoms with van der Waals surface area (Å²) in [4.78, 5) is 12.7. The summed E-state index contributed by atoms with van der Waals surface area (Å²) in [5.74, 6) is -2.00. The summed E-state index contributed by atoms with van der Waals surface area (Å²) in [6.07, 6.45) is -1.08. The van der Waals surface area contributed by atoms with Crippen LogP contribution in [0.4, 0.5) is 23.2 Å². The van der Waals surface area contributed by atoms with Gasteiger partial charge < -0.3 is 15.4 Å². The van der Waals surface area contributed by atoms with Gasteiger partial charge in [-0.1, -0.05) is 0 Å². The number of ether oxygens (including phenoxy) is 1. The third-order valence-corrected chi connectivity index (χ3v) is 4.29. The fourth-order valence-electron chi connectivity index (χ4n) is 3.05. The average molecular weight is 386 g/mol. The molecular weight excluding hydrogens is 368 g/mol. The van der Waals surface area contributed by atoms with Gasteiger partial charge in [-0.15, -0.1) is 0 Å². The molecule has 1 amide bonds. The molecule has 10 heteroatoms. The summed E-state index contributed by atoms with van der Waals surface area (Å²) in [6.45, 7) is -0.589. The van der Waals surface area contributed by atoms with Gasteiger partial charge in [-0.25, -0.2) is 4.39 Å². The number of benzene rings is 1. The number of aromatic nitrogens is 2. The molecule has 0 aliphatic carbocycles. The molecule has 2 N–H and O–H groups in total. The van der Waals surface area contributed by atoms with Crippen molar-refractivity contribution in [3.8, 4) is 5.75 Å². The summed E-state index contributed by atoms with van der Waals surface area (Å²) < 4.78 is 57.1. The van der Waals surface area contributed by atoms with Gasteiger partial charge in [0.2, 0.25) is 5.91 Å². The van der Waals surface area contributed by atoms with Gasteiger partial charge in [0.25, 0.3) is 0 Å². The Morgan fingerprint density at radius 1 is 1.41 bits per heavy atom. The second-order valence-electron chi connectivity index (χ2n) is 6.35. The highest BCUT2D eigenvalue weighted by Gasteiger charge is 2.35. The highest BCUT2D eigenvalue weighted by Crippen LogP contribution is 2.32. The molecule has 1 aromatic heterocycles. The fraction of sp³-hybridized carbons (Fsp3) is 0.412. The van der Waals surface area contributed by atoms with Crippen LogP contribution in [0.3, 0.4) is 0 Å². The third kappa shape index (κ3) is 4.76. The van der Waals surface area contributed by atoms with E-state index in [1.54, 1.807) is 24.1 Å². The third-order valence-electron chi connectivity index (χ3n) is 4.29. The minimum absolute atomic E-state index is 0.138. The zero-order valence-electron chi connectivity index (χ0n) is 14.4. The lowest BCUT2D eigenvalue weighted by atomic mass is 9.90. The van der Waals surface area contributed by atoms with Crippen molar-refractivity contribution >= 4 is 11.6 Å². The minimum atomic E-state index is -4.55. The van der Waals surface area contributed by atoms with Gasteiger partial charge >= 0.3 is 6.18 Å². The van der Waals surface area contributed by atoms with Gasteiger partial charge in [0.05, 0.1) is 17.8 Å². The predicted octanol–water partition coefficient (Wildman–Crippen LogP) is 2.44. The molecule has 6 nitrogen and oxygen atoms in total. The lowest BCUT2D eigenvalue weighted by Gasteiger charge is -2.19. The molecule has 0 radical (unpaired) electrons. The average Bonchev–Trinajstić information content (AvgIpc) is 3.21. The molecule has 0 saturated carbocycles. The maximum atomic E-state index is 13.5. The van der Waals surface area contributed by atoms with E-state index in [2.05, 4.69) is 15.7 Å². The summed E-state index contributed by atoms with van der Waals surface area (Å²) >= 11 is 0. The molecule has 2 heterocycles. The first-order valence-electron chi connectivity index (χ1n) is 8.22. The van der Waals surface area contributed by atoms with Gasteiger partial charge in [-0.3, -0.25) is 9.48 Å². The van der Waals surface area contributed by atoms with E-state index < -0.39 is 30.4 Å². The van der Waals surface area contributed by atoms with Crippen LogP contribution in [0.25, 0.3) is 0 Å². The lowest BCUT2D eigenvalue weighted by Crippen LogP contribution is -2.28. The minimum Gasteiger partial charge on any atom is -0.482 e. The van der Waals surface area contributed by atoms with Crippen molar-refractivity contribution in [3.63, 3.8) is 0 Å². The van der Waals surface area contributed by atoms with Crippen molar-refractivity contribution in [2.75, 3.05) is 25.0 Å². The summed E-state index contributed by atoms with van der Waals surface area (Å²) in [6, 6.07) is 2.96. The molecule has 0 spiro atoms. The maximum Gasteiger partial charge on any atom is 0.422 e. The second-order valence-corrected chi connectivity index (χ2v) is 6.35. The van der Waals surface area contributed by atoms with Crippen LogP contribution in [-0.4, -0.2) is 41.6 Å². The first-order chi connectivity index (χ1) is 12.7. The number of nitrogens with zero attached hydrogens (tertiary/aromatic N) is 2. The maximum absolute atomic E-state index is 13.5. The van der Waals surface area contributed by atoms with Crippen molar-refractivity contribution in [3.05, 3.63) is 42.0 Å². The Hall–Kier alpha value is -2.62. The van der Waals surface area contributed by atoms with E-state index in [-0.39, 0.29) is 17.4 Å². The summed E-state index contributed by atoms with van der Waals surface area (Å²) in [7, 11) is 1.76. The number of amides is 1. The second kappa shape index (κ2) is 7.55. The Morgan fingerprint density at radius 3 is 2.85 bits per heavy atom. The Morgan fingerprint density at radius 2 is 2.19 bits per heavy atom. The Labute approximate surface area is 152 Å². The zero-order valence-corrected chi connectivity index (χ0v) is 14.4. The van der Waals surface area contributed by atoms with Crippen LogP contribution < -0.4 is 15.4 Å². The van der Waals surface area contributed by atoms with Crippen LogP contribution >= 0.6 is 0 Å². The number of rotatable bonds is 5. The highest BCUT2D eigenvalue weighted by molar-refractivity contribution is 5.95. The fourth-order valence-corrected chi connectivity index (χ4v) is 3.05. The Kier molecular flexibility index (Phi) is 5.36. The molecule has 3 rings (SSSR count). The quantitative estimate of drug-likeness (QED) is 0.775.